The maximum atomic E-state index is 5.88. The van der Waals surface area contributed by atoms with E-state index in [1.165, 1.54) is 51.0 Å². The summed E-state index contributed by atoms with van der Waals surface area (Å²) >= 11 is 0. The summed E-state index contributed by atoms with van der Waals surface area (Å²) in [5.74, 6) is 0.863. The molecule has 0 aromatic rings. The first-order valence-electron chi connectivity index (χ1n) is 7.16. The third-order valence-electron chi connectivity index (χ3n) is 3.57. The van der Waals surface area contributed by atoms with Crippen molar-refractivity contribution < 1.29 is 4.74 Å². The van der Waals surface area contributed by atoms with E-state index in [1.807, 2.05) is 0 Å². The second-order valence-electron chi connectivity index (χ2n) is 6.60. The molecule has 1 saturated carbocycles. The molecule has 16 heavy (non-hydrogen) atoms. The maximum absolute atomic E-state index is 5.88. The van der Waals surface area contributed by atoms with E-state index in [0.717, 1.165) is 19.1 Å². The van der Waals surface area contributed by atoms with Gasteiger partial charge in [-0.3, -0.25) is 0 Å². The zero-order valence-electron chi connectivity index (χ0n) is 11.6. The Morgan fingerprint density at radius 3 is 2.06 bits per heavy atom. The van der Waals surface area contributed by atoms with E-state index in [2.05, 4.69) is 19.6 Å². The minimum absolute atomic E-state index is 0.863. The molecule has 1 aliphatic carbocycles. The Balaban J connectivity index is 2.06. The summed E-state index contributed by atoms with van der Waals surface area (Å²) in [6.45, 7) is 9.31. The molecule has 0 aliphatic heterocycles. The summed E-state index contributed by atoms with van der Waals surface area (Å²) in [6.07, 6.45) is 10.0. The number of rotatable bonds is 5. The van der Waals surface area contributed by atoms with Crippen LogP contribution in [0.5, 0.6) is 0 Å². The lowest BCUT2D eigenvalue weighted by Gasteiger charge is -2.21. The molecule has 0 bridgehead atoms. The standard InChI is InChI=1S/C14H30OSi/c1-16(2,3)12-11-15-13-14-9-7-5-4-6-8-10-14/h14H,4-13H2,1-3H3. The number of hydrogen-bond acceptors (Lipinski definition) is 1. The van der Waals surface area contributed by atoms with E-state index < -0.39 is 8.07 Å². The molecule has 1 rings (SSSR count). The molecule has 1 fully saturated rings. The Labute approximate surface area is 103 Å². The minimum atomic E-state index is -0.887. The normalized spacial score (nSPS) is 20.4. The molecule has 0 unspecified atom stereocenters. The first-order valence-corrected chi connectivity index (χ1v) is 10.9. The van der Waals surface area contributed by atoms with E-state index >= 15 is 0 Å². The Morgan fingerprint density at radius 2 is 1.50 bits per heavy atom. The first-order chi connectivity index (χ1) is 7.58. The van der Waals surface area contributed by atoms with Gasteiger partial charge in [0.25, 0.3) is 0 Å². The van der Waals surface area contributed by atoms with Crippen LogP contribution >= 0.6 is 0 Å². The quantitative estimate of drug-likeness (QED) is 0.501. The van der Waals surface area contributed by atoms with Crippen molar-refractivity contribution in [3.05, 3.63) is 0 Å². The van der Waals surface area contributed by atoms with Gasteiger partial charge >= 0.3 is 0 Å². The van der Waals surface area contributed by atoms with Crippen LogP contribution in [0.4, 0.5) is 0 Å². The monoisotopic (exact) mass is 242 g/mol. The fraction of sp³-hybridized carbons (Fsp3) is 1.00. The first kappa shape index (κ1) is 14.2. The van der Waals surface area contributed by atoms with Gasteiger partial charge in [-0.05, 0) is 24.8 Å². The summed E-state index contributed by atoms with van der Waals surface area (Å²) in [7, 11) is -0.887. The Kier molecular flexibility index (Phi) is 6.67. The average molecular weight is 242 g/mol. The molecule has 0 N–H and O–H groups in total. The number of hydrogen-bond donors (Lipinski definition) is 0. The molecule has 0 amide bonds. The van der Waals surface area contributed by atoms with Crippen molar-refractivity contribution in [2.75, 3.05) is 13.2 Å². The maximum Gasteiger partial charge on any atom is 0.0494 e. The van der Waals surface area contributed by atoms with Gasteiger partial charge in [0.1, 0.15) is 0 Å². The van der Waals surface area contributed by atoms with Gasteiger partial charge in [-0.2, -0.15) is 0 Å². The number of ether oxygens (including phenoxy) is 1. The molecule has 0 heterocycles. The Morgan fingerprint density at radius 1 is 0.938 bits per heavy atom. The van der Waals surface area contributed by atoms with E-state index in [-0.39, 0.29) is 0 Å². The molecule has 0 aromatic heterocycles. The van der Waals surface area contributed by atoms with E-state index in [1.54, 1.807) is 0 Å². The van der Waals surface area contributed by atoms with Crippen LogP contribution in [0.3, 0.4) is 0 Å². The van der Waals surface area contributed by atoms with Crippen LogP contribution < -0.4 is 0 Å². The van der Waals surface area contributed by atoms with Crippen molar-refractivity contribution in [1.29, 1.82) is 0 Å². The summed E-state index contributed by atoms with van der Waals surface area (Å²) in [4.78, 5) is 0. The largest absolute Gasteiger partial charge is 0.381 e. The molecule has 0 radical (unpaired) electrons. The van der Waals surface area contributed by atoms with Crippen LogP contribution in [0.2, 0.25) is 25.7 Å². The molecule has 0 saturated heterocycles. The average Bonchev–Trinajstić information content (AvgIpc) is 2.13. The lowest BCUT2D eigenvalue weighted by Crippen LogP contribution is -2.22. The van der Waals surface area contributed by atoms with Crippen LogP contribution in [-0.2, 0) is 4.74 Å². The highest BCUT2D eigenvalue weighted by Crippen LogP contribution is 2.22. The molecule has 1 nitrogen and oxygen atoms in total. The lowest BCUT2D eigenvalue weighted by atomic mass is 9.92. The van der Waals surface area contributed by atoms with Crippen LogP contribution in [0.1, 0.15) is 44.9 Å². The van der Waals surface area contributed by atoms with Gasteiger partial charge in [0, 0.05) is 21.3 Å². The van der Waals surface area contributed by atoms with Crippen molar-refractivity contribution >= 4 is 8.07 Å². The van der Waals surface area contributed by atoms with Crippen LogP contribution in [-0.4, -0.2) is 21.3 Å². The molecule has 0 aromatic carbocycles. The van der Waals surface area contributed by atoms with Crippen molar-refractivity contribution in [3.63, 3.8) is 0 Å². The van der Waals surface area contributed by atoms with Crippen LogP contribution in [0, 0.1) is 5.92 Å². The molecular formula is C14H30OSi. The highest BCUT2D eigenvalue weighted by molar-refractivity contribution is 6.76. The molecular weight excluding hydrogens is 212 g/mol. The molecule has 2 heteroatoms. The van der Waals surface area contributed by atoms with Crippen molar-refractivity contribution in [3.8, 4) is 0 Å². The molecule has 0 atom stereocenters. The van der Waals surface area contributed by atoms with Gasteiger partial charge in [0.05, 0.1) is 0 Å². The van der Waals surface area contributed by atoms with Crippen molar-refractivity contribution in [2.24, 2.45) is 5.92 Å². The van der Waals surface area contributed by atoms with Gasteiger partial charge in [0.2, 0.25) is 0 Å². The predicted molar refractivity (Wildman–Crippen MR) is 74.8 cm³/mol. The Bertz CT molecular complexity index is 166. The smallest absolute Gasteiger partial charge is 0.0494 e. The SMILES string of the molecule is C[Si](C)(C)CCOCC1CCCCCCC1. The zero-order valence-corrected chi connectivity index (χ0v) is 12.6. The molecule has 1 aliphatic rings. The highest BCUT2D eigenvalue weighted by Gasteiger charge is 2.14. The summed E-state index contributed by atoms with van der Waals surface area (Å²) in [5, 5.41) is 0. The summed E-state index contributed by atoms with van der Waals surface area (Å²) < 4.78 is 5.88. The zero-order chi connectivity index (χ0) is 11.9. The second-order valence-corrected chi connectivity index (χ2v) is 12.2. The van der Waals surface area contributed by atoms with Gasteiger partial charge in [0.15, 0.2) is 0 Å². The van der Waals surface area contributed by atoms with Gasteiger partial charge in [-0.25, -0.2) is 0 Å². The fourth-order valence-corrected chi connectivity index (χ4v) is 3.09. The third-order valence-corrected chi connectivity index (χ3v) is 5.28. The predicted octanol–water partition coefficient (Wildman–Crippen LogP) is 4.70. The minimum Gasteiger partial charge on any atom is -0.381 e. The van der Waals surface area contributed by atoms with Crippen LogP contribution in [0.15, 0.2) is 0 Å². The third kappa shape index (κ3) is 7.45. The Hall–Kier alpha value is 0.177. The van der Waals surface area contributed by atoms with Gasteiger partial charge < -0.3 is 4.74 Å². The van der Waals surface area contributed by atoms with E-state index in [0.29, 0.717) is 0 Å². The van der Waals surface area contributed by atoms with E-state index in [9.17, 15) is 0 Å². The highest BCUT2D eigenvalue weighted by atomic mass is 28.3. The van der Waals surface area contributed by atoms with Crippen molar-refractivity contribution in [2.45, 2.75) is 70.6 Å². The fourth-order valence-electron chi connectivity index (χ4n) is 2.34. The second kappa shape index (κ2) is 7.49. The lowest BCUT2D eigenvalue weighted by molar-refractivity contribution is 0.0987. The van der Waals surface area contributed by atoms with Crippen LogP contribution in [0.25, 0.3) is 0 Å². The van der Waals surface area contributed by atoms with Crippen molar-refractivity contribution in [1.82, 2.24) is 0 Å². The summed E-state index contributed by atoms with van der Waals surface area (Å²) in [5.41, 5.74) is 0. The molecule has 0 spiro atoms. The van der Waals surface area contributed by atoms with Gasteiger partial charge in [-0.15, -0.1) is 0 Å². The van der Waals surface area contributed by atoms with Gasteiger partial charge in [-0.1, -0.05) is 51.7 Å². The topological polar surface area (TPSA) is 9.23 Å². The van der Waals surface area contributed by atoms with E-state index in [4.69, 9.17) is 4.74 Å². The molecule has 96 valence electrons. The summed E-state index contributed by atoms with van der Waals surface area (Å²) in [6, 6.07) is 1.32.